The summed E-state index contributed by atoms with van der Waals surface area (Å²) in [6, 6.07) is 8.60. The molecule has 0 aromatic heterocycles. The van der Waals surface area contributed by atoms with E-state index in [0.29, 0.717) is 65.8 Å². The van der Waals surface area contributed by atoms with E-state index in [-0.39, 0.29) is 24.8 Å². The highest BCUT2D eigenvalue weighted by atomic mass is 35.5. The van der Waals surface area contributed by atoms with Crippen molar-refractivity contribution in [2.24, 2.45) is 5.92 Å². The van der Waals surface area contributed by atoms with Crippen LogP contribution in [0.1, 0.15) is 6.42 Å². The molecule has 0 saturated carbocycles. The van der Waals surface area contributed by atoms with E-state index in [1.165, 1.54) is 0 Å². The molecule has 30 heavy (non-hydrogen) atoms. The van der Waals surface area contributed by atoms with Gasteiger partial charge in [0.15, 0.2) is 23.0 Å². The molecule has 3 heterocycles. The van der Waals surface area contributed by atoms with Crippen molar-refractivity contribution in [2.45, 2.75) is 6.42 Å². The maximum atomic E-state index is 12.8. The molecule has 1 N–H and O–H groups in total. The summed E-state index contributed by atoms with van der Waals surface area (Å²) in [4.78, 5) is 27.0. The van der Waals surface area contributed by atoms with Gasteiger partial charge in [0.1, 0.15) is 26.4 Å². The molecular formula is C21H19ClN2O6. The van der Waals surface area contributed by atoms with Crippen LogP contribution in [0.15, 0.2) is 30.3 Å². The molecule has 5 rings (SSSR count). The molecule has 3 aliphatic heterocycles. The predicted octanol–water partition coefficient (Wildman–Crippen LogP) is 2.87. The number of amides is 2. The molecule has 1 unspecified atom stereocenters. The topological polar surface area (TPSA) is 86.3 Å². The molecular weight excluding hydrogens is 412 g/mol. The number of anilines is 2. The molecule has 2 aromatic rings. The molecule has 1 atom stereocenters. The number of hydrogen-bond acceptors (Lipinski definition) is 6. The lowest BCUT2D eigenvalue weighted by Crippen LogP contribution is -2.28. The van der Waals surface area contributed by atoms with E-state index >= 15 is 0 Å². The lowest BCUT2D eigenvalue weighted by Gasteiger charge is -2.22. The Morgan fingerprint density at radius 3 is 2.30 bits per heavy atom. The first-order chi connectivity index (χ1) is 14.6. The van der Waals surface area contributed by atoms with Crippen molar-refractivity contribution >= 4 is 34.8 Å². The Bertz CT molecular complexity index is 1030. The van der Waals surface area contributed by atoms with Gasteiger partial charge >= 0.3 is 0 Å². The predicted molar refractivity (Wildman–Crippen MR) is 109 cm³/mol. The fraction of sp³-hybridized carbons (Fsp3) is 0.333. The first kappa shape index (κ1) is 18.9. The van der Waals surface area contributed by atoms with Crippen LogP contribution >= 0.6 is 11.6 Å². The van der Waals surface area contributed by atoms with Crippen molar-refractivity contribution in [1.82, 2.24) is 0 Å². The number of hydrogen-bond donors (Lipinski definition) is 1. The average Bonchev–Trinajstić information content (AvgIpc) is 3.15. The van der Waals surface area contributed by atoms with Crippen LogP contribution < -0.4 is 29.2 Å². The van der Waals surface area contributed by atoms with Crippen molar-refractivity contribution in [1.29, 1.82) is 0 Å². The number of benzene rings is 2. The largest absolute Gasteiger partial charge is 0.486 e. The zero-order chi connectivity index (χ0) is 20.7. The Labute approximate surface area is 177 Å². The fourth-order valence-corrected chi connectivity index (χ4v) is 3.93. The molecule has 0 radical (unpaired) electrons. The first-order valence-electron chi connectivity index (χ1n) is 9.68. The van der Waals surface area contributed by atoms with E-state index in [4.69, 9.17) is 30.5 Å². The zero-order valence-electron chi connectivity index (χ0n) is 16.0. The van der Waals surface area contributed by atoms with Gasteiger partial charge in [-0.2, -0.15) is 0 Å². The Hall–Kier alpha value is -3.13. The zero-order valence-corrected chi connectivity index (χ0v) is 16.7. The van der Waals surface area contributed by atoms with Gasteiger partial charge in [0.2, 0.25) is 11.8 Å². The summed E-state index contributed by atoms with van der Waals surface area (Å²) in [5.74, 6) is 1.42. The molecule has 0 bridgehead atoms. The normalized spacial score (nSPS) is 19.6. The number of rotatable bonds is 3. The van der Waals surface area contributed by atoms with Gasteiger partial charge in [0, 0.05) is 36.9 Å². The summed E-state index contributed by atoms with van der Waals surface area (Å²) < 4.78 is 22.1. The Morgan fingerprint density at radius 1 is 0.933 bits per heavy atom. The number of nitrogens with zero attached hydrogens (tertiary/aromatic N) is 1. The van der Waals surface area contributed by atoms with Crippen LogP contribution in [0, 0.1) is 5.92 Å². The number of carbonyl (C=O) groups excluding carboxylic acids is 2. The van der Waals surface area contributed by atoms with E-state index < -0.39 is 5.92 Å². The van der Waals surface area contributed by atoms with Crippen LogP contribution in [0.5, 0.6) is 23.0 Å². The number of carbonyl (C=O) groups is 2. The molecule has 3 aliphatic rings. The lowest BCUT2D eigenvalue weighted by molar-refractivity contribution is -0.122. The minimum absolute atomic E-state index is 0.114. The van der Waals surface area contributed by atoms with E-state index in [1.807, 2.05) is 0 Å². The van der Waals surface area contributed by atoms with Crippen molar-refractivity contribution in [3.63, 3.8) is 0 Å². The molecule has 9 heteroatoms. The Morgan fingerprint density at radius 2 is 1.57 bits per heavy atom. The molecule has 2 aromatic carbocycles. The van der Waals surface area contributed by atoms with Gasteiger partial charge in [-0.25, -0.2) is 0 Å². The second-order valence-electron chi connectivity index (χ2n) is 7.20. The van der Waals surface area contributed by atoms with Crippen LogP contribution in [0.25, 0.3) is 0 Å². The second kappa shape index (κ2) is 7.60. The van der Waals surface area contributed by atoms with Gasteiger partial charge < -0.3 is 29.2 Å². The van der Waals surface area contributed by atoms with E-state index in [0.717, 1.165) is 0 Å². The third-order valence-corrected chi connectivity index (χ3v) is 5.54. The van der Waals surface area contributed by atoms with Gasteiger partial charge in [0.25, 0.3) is 0 Å². The number of nitrogens with one attached hydrogen (secondary N) is 1. The highest BCUT2D eigenvalue weighted by Gasteiger charge is 2.36. The monoisotopic (exact) mass is 430 g/mol. The second-order valence-corrected chi connectivity index (χ2v) is 7.61. The maximum absolute atomic E-state index is 12.8. The van der Waals surface area contributed by atoms with Crippen LogP contribution in [-0.4, -0.2) is 44.8 Å². The average molecular weight is 431 g/mol. The smallest absolute Gasteiger partial charge is 0.229 e. The van der Waals surface area contributed by atoms with E-state index in [1.54, 1.807) is 35.2 Å². The summed E-state index contributed by atoms with van der Waals surface area (Å²) in [5, 5.41) is 3.16. The van der Waals surface area contributed by atoms with Crippen LogP contribution in [0.4, 0.5) is 11.4 Å². The van der Waals surface area contributed by atoms with Crippen LogP contribution in [0.3, 0.4) is 0 Å². The van der Waals surface area contributed by atoms with Gasteiger partial charge in [-0.15, -0.1) is 0 Å². The van der Waals surface area contributed by atoms with Gasteiger partial charge in [0.05, 0.1) is 16.6 Å². The standard InChI is InChI=1S/C21H19ClN2O6/c22-14-9-18-19(30-6-5-29-18)10-15(14)23-21(26)12-7-20(25)24(11-12)13-1-2-16-17(8-13)28-4-3-27-16/h1-2,8-10,12H,3-7,11H2,(H,23,26). The molecule has 1 fully saturated rings. The van der Waals surface area contributed by atoms with Gasteiger partial charge in [-0.1, -0.05) is 11.6 Å². The van der Waals surface area contributed by atoms with E-state index in [9.17, 15) is 9.59 Å². The van der Waals surface area contributed by atoms with Crippen molar-refractivity contribution < 1.29 is 28.5 Å². The van der Waals surface area contributed by atoms with Crippen molar-refractivity contribution in [3.8, 4) is 23.0 Å². The third-order valence-electron chi connectivity index (χ3n) is 5.22. The minimum Gasteiger partial charge on any atom is -0.486 e. The number of halogens is 1. The molecule has 0 spiro atoms. The quantitative estimate of drug-likeness (QED) is 0.805. The highest BCUT2D eigenvalue weighted by Crippen LogP contribution is 2.39. The fourth-order valence-electron chi connectivity index (χ4n) is 3.73. The van der Waals surface area contributed by atoms with Crippen molar-refractivity contribution in [2.75, 3.05) is 43.2 Å². The minimum atomic E-state index is -0.505. The third kappa shape index (κ3) is 3.47. The molecule has 0 aliphatic carbocycles. The first-order valence-corrected chi connectivity index (χ1v) is 10.1. The summed E-state index contributed by atoms with van der Waals surface area (Å²) in [7, 11) is 0. The number of fused-ring (bicyclic) bond motifs is 2. The summed E-state index contributed by atoms with van der Waals surface area (Å²) >= 11 is 6.28. The highest BCUT2D eigenvalue weighted by molar-refractivity contribution is 6.34. The van der Waals surface area contributed by atoms with E-state index in [2.05, 4.69) is 5.32 Å². The maximum Gasteiger partial charge on any atom is 0.229 e. The SMILES string of the molecule is O=C(Nc1cc2c(cc1Cl)OCCO2)C1CC(=O)N(c2ccc3c(c2)OCCO3)C1. The molecule has 1 saturated heterocycles. The van der Waals surface area contributed by atoms with Gasteiger partial charge in [-0.3, -0.25) is 9.59 Å². The Kier molecular flexibility index (Phi) is 4.78. The lowest BCUT2D eigenvalue weighted by atomic mass is 10.1. The summed E-state index contributed by atoms with van der Waals surface area (Å²) in [6.07, 6.45) is 0.114. The number of ether oxygens (including phenoxy) is 4. The van der Waals surface area contributed by atoms with Crippen LogP contribution in [-0.2, 0) is 9.59 Å². The summed E-state index contributed by atoms with van der Waals surface area (Å²) in [6.45, 7) is 2.12. The Balaban J connectivity index is 1.30. The molecule has 2 amide bonds. The van der Waals surface area contributed by atoms with Crippen molar-refractivity contribution in [3.05, 3.63) is 35.4 Å². The van der Waals surface area contributed by atoms with Gasteiger partial charge in [-0.05, 0) is 12.1 Å². The van der Waals surface area contributed by atoms with Crippen LogP contribution in [0.2, 0.25) is 5.02 Å². The summed E-state index contributed by atoms with van der Waals surface area (Å²) in [5.41, 5.74) is 1.10. The molecule has 8 nitrogen and oxygen atoms in total. The molecule has 156 valence electrons.